The zero-order chi connectivity index (χ0) is 22.0. The zero-order valence-electron chi connectivity index (χ0n) is 17.3. The summed E-state index contributed by atoms with van der Waals surface area (Å²) in [4.78, 5) is 32.3. The van der Waals surface area contributed by atoms with Crippen molar-refractivity contribution >= 4 is 28.6 Å². The zero-order valence-corrected chi connectivity index (χ0v) is 17.3. The van der Waals surface area contributed by atoms with Gasteiger partial charge in [0.1, 0.15) is 17.2 Å². The van der Waals surface area contributed by atoms with Crippen molar-refractivity contribution in [2.75, 3.05) is 17.7 Å². The molecule has 4 aromatic rings. The number of aromatic nitrogens is 4. The van der Waals surface area contributed by atoms with Gasteiger partial charge in [-0.05, 0) is 49.7 Å². The van der Waals surface area contributed by atoms with Gasteiger partial charge >= 0.3 is 0 Å². The van der Waals surface area contributed by atoms with Crippen LogP contribution in [0.5, 0.6) is 5.75 Å². The summed E-state index contributed by atoms with van der Waals surface area (Å²) in [5.74, 6) is 0.607. The lowest BCUT2D eigenvalue weighted by molar-refractivity contribution is -0.116. The van der Waals surface area contributed by atoms with Crippen LogP contribution in [0.3, 0.4) is 0 Å². The molecule has 0 fully saturated rings. The first kappa shape index (κ1) is 20.1. The maximum Gasteiger partial charge on any atom is 0.263 e. The largest absolute Gasteiger partial charge is 0.497 e. The molecular weight excluding hydrogens is 396 g/mol. The van der Waals surface area contributed by atoms with Gasteiger partial charge in [0.05, 0.1) is 19.0 Å². The highest BCUT2D eigenvalue weighted by molar-refractivity contribution is 5.96. The Balaban J connectivity index is 1.57. The first-order valence-corrected chi connectivity index (χ1v) is 9.72. The Kier molecular flexibility index (Phi) is 5.40. The smallest absolute Gasteiger partial charge is 0.263 e. The molecule has 0 spiro atoms. The fourth-order valence-electron chi connectivity index (χ4n) is 3.16. The Morgan fingerprint density at radius 1 is 1.16 bits per heavy atom. The van der Waals surface area contributed by atoms with Crippen molar-refractivity contribution in [3.63, 3.8) is 0 Å². The number of benzene rings is 2. The van der Waals surface area contributed by atoms with Crippen LogP contribution < -0.4 is 20.9 Å². The molecule has 0 unspecified atom stereocenters. The third-order valence-electron chi connectivity index (χ3n) is 4.89. The van der Waals surface area contributed by atoms with Gasteiger partial charge in [-0.2, -0.15) is 10.1 Å². The van der Waals surface area contributed by atoms with Crippen LogP contribution in [-0.4, -0.2) is 38.8 Å². The summed E-state index contributed by atoms with van der Waals surface area (Å²) in [5, 5.41) is 10.5. The maximum atomic E-state index is 12.6. The number of rotatable bonds is 6. The number of ether oxygens (including phenoxy) is 1. The van der Waals surface area contributed by atoms with Crippen LogP contribution in [0.2, 0.25) is 0 Å². The lowest BCUT2D eigenvalue weighted by Gasteiger charge is -2.15. The van der Waals surface area contributed by atoms with Gasteiger partial charge < -0.3 is 15.4 Å². The Morgan fingerprint density at radius 2 is 1.90 bits per heavy atom. The molecule has 0 radical (unpaired) electrons. The molecule has 31 heavy (non-hydrogen) atoms. The number of carbonyl (C=O) groups excluding carboxylic acids is 1. The minimum Gasteiger partial charge on any atom is -0.497 e. The monoisotopic (exact) mass is 418 g/mol. The number of nitrogens with one attached hydrogen (secondary N) is 3. The topological polar surface area (TPSA) is 114 Å². The second-order valence-electron chi connectivity index (χ2n) is 7.08. The minimum atomic E-state index is -0.655. The molecule has 0 aliphatic heterocycles. The molecule has 1 atom stereocenters. The van der Waals surface area contributed by atoms with Crippen molar-refractivity contribution in [3.05, 3.63) is 70.6 Å². The Bertz CT molecular complexity index is 1290. The van der Waals surface area contributed by atoms with Gasteiger partial charge in [0.25, 0.3) is 5.56 Å². The fourth-order valence-corrected chi connectivity index (χ4v) is 3.16. The van der Waals surface area contributed by atoms with Gasteiger partial charge in [-0.15, -0.1) is 0 Å². The highest BCUT2D eigenvalue weighted by Gasteiger charge is 2.17. The number of fused-ring (bicyclic) bond motifs is 1. The molecule has 2 aromatic heterocycles. The average Bonchev–Trinajstić information content (AvgIpc) is 3.19. The molecule has 3 N–H and O–H groups in total. The average molecular weight is 418 g/mol. The first-order valence-electron chi connectivity index (χ1n) is 9.72. The van der Waals surface area contributed by atoms with E-state index in [1.807, 2.05) is 31.2 Å². The molecule has 0 bridgehead atoms. The molecule has 0 saturated heterocycles. The third kappa shape index (κ3) is 4.11. The quantitative estimate of drug-likeness (QED) is 0.444. The standard InChI is InChI=1S/C22H22N6O3/c1-13-6-4-5-7-18(13)28-19-17(12-23-28)21(30)27-22(26-19)24-14(2)20(29)25-15-8-10-16(31-3)11-9-15/h4-12,14H,1-3H3,(H,25,29)(H2,24,26,27,30)/t14-/m0/s1. The van der Waals surface area contributed by atoms with Crippen LogP contribution in [0.25, 0.3) is 16.7 Å². The van der Waals surface area contributed by atoms with Crippen molar-refractivity contribution in [1.29, 1.82) is 0 Å². The number of anilines is 2. The predicted molar refractivity (Wildman–Crippen MR) is 119 cm³/mol. The van der Waals surface area contributed by atoms with E-state index in [4.69, 9.17) is 4.74 Å². The highest BCUT2D eigenvalue weighted by atomic mass is 16.5. The van der Waals surface area contributed by atoms with Crippen molar-refractivity contribution < 1.29 is 9.53 Å². The van der Waals surface area contributed by atoms with Gasteiger partial charge in [-0.3, -0.25) is 14.6 Å². The highest BCUT2D eigenvalue weighted by Crippen LogP contribution is 2.19. The summed E-state index contributed by atoms with van der Waals surface area (Å²) in [7, 11) is 1.58. The second kappa shape index (κ2) is 8.31. The number of aryl methyl sites for hydroxylation is 1. The first-order chi connectivity index (χ1) is 15.0. The molecule has 9 heteroatoms. The van der Waals surface area contributed by atoms with Crippen LogP contribution in [0.4, 0.5) is 11.6 Å². The summed E-state index contributed by atoms with van der Waals surface area (Å²) in [6, 6.07) is 14.0. The van der Waals surface area contributed by atoms with Gasteiger partial charge in [0.2, 0.25) is 11.9 Å². The van der Waals surface area contributed by atoms with Crippen molar-refractivity contribution in [1.82, 2.24) is 19.7 Å². The number of hydrogen-bond donors (Lipinski definition) is 3. The molecule has 9 nitrogen and oxygen atoms in total. The number of aromatic amines is 1. The Labute approximate surface area is 178 Å². The molecule has 4 rings (SSSR count). The van der Waals surface area contributed by atoms with Gasteiger partial charge in [-0.25, -0.2) is 4.68 Å². The van der Waals surface area contributed by atoms with E-state index in [1.54, 1.807) is 43.0 Å². The van der Waals surface area contributed by atoms with E-state index in [0.717, 1.165) is 11.3 Å². The number of para-hydroxylation sites is 1. The SMILES string of the molecule is COc1ccc(NC(=O)[C@H](C)Nc2nc3c(cnn3-c3ccccc3C)c(=O)[nH]2)cc1. The molecule has 158 valence electrons. The third-order valence-corrected chi connectivity index (χ3v) is 4.89. The van der Waals surface area contributed by atoms with E-state index < -0.39 is 6.04 Å². The summed E-state index contributed by atoms with van der Waals surface area (Å²) >= 11 is 0. The number of nitrogens with zero attached hydrogens (tertiary/aromatic N) is 3. The number of carbonyl (C=O) groups is 1. The Hall–Kier alpha value is -4.14. The summed E-state index contributed by atoms with van der Waals surface area (Å²) < 4.78 is 6.73. The van der Waals surface area contributed by atoms with Crippen molar-refractivity contribution in [2.45, 2.75) is 19.9 Å². The van der Waals surface area contributed by atoms with Gasteiger partial charge in [0, 0.05) is 5.69 Å². The number of amides is 1. The minimum absolute atomic E-state index is 0.185. The van der Waals surface area contributed by atoms with E-state index in [9.17, 15) is 9.59 Å². The van der Waals surface area contributed by atoms with E-state index in [-0.39, 0.29) is 17.4 Å². The molecule has 0 aliphatic carbocycles. The lowest BCUT2D eigenvalue weighted by atomic mass is 10.2. The van der Waals surface area contributed by atoms with E-state index in [2.05, 4.69) is 25.7 Å². The molecule has 2 heterocycles. The second-order valence-corrected chi connectivity index (χ2v) is 7.08. The fraction of sp³-hybridized carbons (Fsp3) is 0.182. The summed E-state index contributed by atoms with van der Waals surface area (Å²) in [5.41, 5.74) is 2.52. The normalized spacial score (nSPS) is 11.8. The molecule has 1 amide bonds. The van der Waals surface area contributed by atoms with Crippen LogP contribution in [-0.2, 0) is 4.79 Å². The van der Waals surface area contributed by atoms with Crippen LogP contribution in [0.1, 0.15) is 12.5 Å². The molecule has 0 aliphatic rings. The van der Waals surface area contributed by atoms with Crippen molar-refractivity contribution in [2.24, 2.45) is 0 Å². The van der Waals surface area contributed by atoms with E-state index in [1.165, 1.54) is 6.20 Å². The van der Waals surface area contributed by atoms with Crippen molar-refractivity contribution in [3.8, 4) is 11.4 Å². The Morgan fingerprint density at radius 3 is 2.61 bits per heavy atom. The van der Waals surface area contributed by atoms with E-state index in [0.29, 0.717) is 22.5 Å². The number of hydrogen-bond acceptors (Lipinski definition) is 6. The molecule has 0 saturated carbocycles. The lowest BCUT2D eigenvalue weighted by Crippen LogP contribution is -2.33. The predicted octanol–water partition coefficient (Wildman–Crippen LogP) is 2.86. The number of methoxy groups -OCH3 is 1. The van der Waals surface area contributed by atoms with Crippen LogP contribution in [0, 0.1) is 6.92 Å². The summed E-state index contributed by atoms with van der Waals surface area (Å²) in [6.45, 7) is 3.64. The summed E-state index contributed by atoms with van der Waals surface area (Å²) in [6.07, 6.45) is 1.48. The van der Waals surface area contributed by atoms with Gasteiger partial charge in [-0.1, -0.05) is 18.2 Å². The molecular formula is C22H22N6O3. The van der Waals surface area contributed by atoms with Gasteiger partial charge in [0.15, 0.2) is 5.65 Å². The maximum absolute atomic E-state index is 12.6. The molecule has 2 aromatic carbocycles. The van der Waals surface area contributed by atoms with E-state index >= 15 is 0 Å². The van der Waals surface area contributed by atoms with Crippen LogP contribution in [0.15, 0.2) is 59.5 Å². The number of H-pyrrole nitrogens is 1. The van der Waals surface area contributed by atoms with Crippen LogP contribution >= 0.6 is 0 Å².